The number of ether oxygens (including phenoxy) is 1. The number of anilines is 1. The molecule has 32 heavy (non-hydrogen) atoms. The van der Waals surface area contributed by atoms with E-state index in [2.05, 4.69) is 15.4 Å². The van der Waals surface area contributed by atoms with Gasteiger partial charge >= 0.3 is 6.18 Å². The van der Waals surface area contributed by atoms with Crippen molar-refractivity contribution < 1.29 is 32.3 Å². The van der Waals surface area contributed by atoms with Crippen molar-refractivity contribution in [1.29, 1.82) is 0 Å². The molecule has 4 rings (SSSR count). The third-order valence-corrected chi connectivity index (χ3v) is 4.70. The fraction of sp³-hybridized carbons (Fsp3) is 0.158. The van der Waals surface area contributed by atoms with Crippen LogP contribution in [0.2, 0.25) is 0 Å². The maximum Gasteiger partial charge on any atom is 0.453 e. The van der Waals surface area contributed by atoms with Crippen molar-refractivity contribution in [2.45, 2.75) is 12.2 Å². The van der Waals surface area contributed by atoms with Gasteiger partial charge in [-0.3, -0.25) is 10.1 Å². The summed E-state index contributed by atoms with van der Waals surface area (Å²) in [7, 11) is 1.12. The molecule has 1 aliphatic heterocycles. The average Bonchev–Trinajstić information content (AvgIpc) is 3.18. The quantitative estimate of drug-likeness (QED) is 0.367. The third-order valence-electron chi connectivity index (χ3n) is 4.70. The second-order valence-electron chi connectivity index (χ2n) is 6.66. The Bertz CT molecular complexity index is 1260. The summed E-state index contributed by atoms with van der Waals surface area (Å²) in [6, 6.07) is 6.38. The molecular weight excluding hydrogens is 438 g/mol. The van der Waals surface area contributed by atoms with Crippen molar-refractivity contribution in [2.75, 3.05) is 12.4 Å². The maximum atomic E-state index is 14.4. The van der Waals surface area contributed by atoms with Crippen LogP contribution in [0.25, 0.3) is 5.70 Å². The second kappa shape index (κ2) is 7.51. The minimum absolute atomic E-state index is 0.0170. The number of fused-ring (bicyclic) bond motifs is 1. The van der Waals surface area contributed by atoms with E-state index in [1.807, 2.05) is 0 Å². The number of allylic oxidation sites excluding steroid dienone is 1. The topological polar surface area (TPSA) is 118 Å². The van der Waals surface area contributed by atoms with E-state index < -0.39 is 40.2 Å². The van der Waals surface area contributed by atoms with Crippen LogP contribution < -0.4 is 15.2 Å². The van der Waals surface area contributed by atoms with Crippen LogP contribution in [0.3, 0.4) is 0 Å². The minimum atomic E-state index is -4.88. The van der Waals surface area contributed by atoms with Crippen LogP contribution in [0.15, 0.2) is 42.5 Å². The van der Waals surface area contributed by atoms with Gasteiger partial charge in [0.25, 0.3) is 11.5 Å². The molecule has 0 saturated carbocycles. The van der Waals surface area contributed by atoms with Crippen molar-refractivity contribution in [3.05, 3.63) is 75.4 Å². The molecule has 2 heterocycles. The van der Waals surface area contributed by atoms with Gasteiger partial charge in [0.15, 0.2) is 0 Å². The summed E-state index contributed by atoms with van der Waals surface area (Å²) in [6.07, 6.45) is -3.56. The predicted molar refractivity (Wildman–Crippen MR) is 100 cm³/mol. The lowest BCUT2D eigenvalue weighted by Gasteiger charge is -2.25. The maximum absolute atomic E-state index is 14.4. The summed E-state index contributed by atoms with van der Waals surface area (Å²) in [5.74, 6) is -3.87. The van der Waals surface area contributed by atoms with Gasteiger partial charge < -0.3 is 15.2 Å². The Morgan fingerprint density at radius 2 is 1.97 bits per heavy atom. The molecule has 1 N–H and O–H groups in total. The molecule has 0 saturated heterocycles. The molecule has 0 unspecified atom stereocenters. The van der Waals surface area contributed by atoms with Gasteiger partial charge in [-0.05, 0) is 29.8 Å². The minimum Gasteiger partial charge on any atom is -0.865 e. The van der Waals surface area contributed by atoms with E-state index >= 15 is 0 Å². The third kappa shape index (κ3) is 3.57. The van der Waals surface area contributed by atoms with Crippen molar-refractivity contribution in [3.63, 3.8) is 0 Å². The normalized spacial score (nSPS) is 15.5. The van der Waals surface area contributed by atoms with Crippen molar-refractivity contribution in [3.8, 4) is 11.5 Å². The molecule has 3 aromatic rings. The van der Waals surface area contributed by atoms with Gasteiger partial charge in [-0.25, -0.2) is 9.07 Å². The van der Waals surface area contributed by atoms with Crippen molar-refractivity contribution in [1.82, 2.24) is 14.8 Å². The van der Waals surface area contributed by atoms with Gasteiger partial charge in [0.05, 0.1) is 12.0 Å². The first-order valence-corrected chi connectivity index (χ1v) is 8.91. The number of hydrogen-bond donors (Lipinski definition) is 1. The van der Waals surface area contributed by atoms with E-state index in [1.54, 1.807) is 0 Å². The number of methoxy groups -OCH3 is 1. The molecule has 0 amide bonds. The smallest absolute Gasteiger partial charge is 0.453 e. The molecule has 166 valence electrons. The lowest BCUT2D eigenvalue weighted by molar-refractivity contribution is -0.398. The highest BCUT2D eigenvalue weighted by Crippen LogP contribution is 2.41. The first-order chi connectivity index (χ1) is 15.1. The Labute approximate surface area is 176 Å². The van der Waals surface area contributed by atoms with Gasteiger partial charge in [-0.15, -0.1) is 5.10 Å². The van der Waals surface area contributed by atoms with E-state index in [0.29, 0.717) is 0 Å². The highest BCUT2D eigenvalue weighted by Gasteiger charge is 2.39. The highest BCUT2D eigenvalue weighted by atomic mass is 19.4. The second-order valence-corrected chi connectivity index (χ2v) is 6.66. The van der Waals surface area contributed by atoms with Crippen LogP contribution >= 0.6 is 0 Å². The Kier molecular flexibility index (Phi) is 4.95. The van der Waals surface area contributed by atoms with Crippen LogP contribution in [0, 0.1) is 15.9 Å². The Morgan fingerprint density at radius 3 is 2.59 bits per heavy atom. The zero-order chi connectivity index (χ0) is 23.2. The van der Waals surface area contributed by atoms with Crippen molar-refractivity contribution in [2.24, 2.45) is 0 Å². The molecule has 0 bridgehead atoms. The molecule has 1 aliphatic rings. The highest BCUT2D eigenvalue weighted by molar-refractivity contribution is 5.77. The summed E-state index contributed by atoms with van der Waals surface area (Å²) in [6.45, 7) is 0. The van der Waals surface area contributed by atoms with Crippen LogP contribution in [-0.2, 0) is 6.18 Å². The summed E-state index contributed by atoms with van der Waals surface area (Å²) in [5.41, 5.74) is -0.725. The number of nitrogens with one attached hydrogen (secondary N) is 1. The number of aromatic nitrogens is 3. The predicted octanol–water partition coefficient (Wildman–Crippen LogP) is 3.48. The fourth-order valence-corrected chi connectivity index (χ4v) is 3.25. The standard InChI is InChI=1S/C19H13F4N5O4/c1-32-15-7-9(6-14(16(15)29)28(30)31)13-8-12(10-4-2-3-5-11(10)20)24-18-25-17(19(21,22)23)26-27(13)18/h2-8,13,29H,1H3,(H,24,25,26)/p-1/t13-/m0/s1. The zero-order valence-electron chi connectivity index (χ0n) is 16.1. The average molecular weight is 450 g/mol. The molecule has 13 heteroatoms. The summed E-state index contributed by atoms with van der Waals surface area (Å²) in [4.78, 5) is 13.8. The van der Waals surface area contributed by atoms with E-state index in [4.69, 9.17) is 4.74 Å². The molecule has 0 radical (unpaired) electrons. The number of nitro benzene ring substituents is 1. The SMILES string of the molecule is COc1cc([C@@H]2C=C(c3ccccc3F)Nc3nc(C(F)(F)F)nn32)cc([N+](=O)[O-])c1[O-]. The molecule has 2 aromatic carbocycles. The van der Waals surface area contributed by atoms with Crippen LogP contribution in [0.4, 0.5) is 29.2 Å². The van der Waals surface area contributed by atoms with Gasteiger partial charge in [0.2, 0.25) is 5.95 Å². The van der Waals surface area contributed by atoms with Gasteiger partial charge in [-0.1, -0.05) is 12.1 Å². The molecule has 1 aromatic heterocycles. The number of alkyl halides is 3. The summed E-state index contributed by atoms with van der Waals surface area (Å²) >= 11 is 0. The lowest BCUT2D eigenvalue weighted by atomic mass is 10.0. The number of nitro groups is 1. The van der Waals surface area contributed by atoms with E-state index in [0.717, 1.165) is 30.0 Å². The molecule has 0 spiro atoms. The van der Waals surface area contributed by atoms with Gasteiger partial charge in [0.1, 0.15) is 17.6 Å². The van der Waals surface area contributed by atoms with Crippen LogP contribution in [-0.4, -0.2) is 26.8 Å². The number of halogens is 4. The van der Waals surface area contributed by atoms with Crippen molar-refractivity contribution >= 4 is 17.3 Å². The zero-order valence-corrected chi connectivity index (χ0v) is 16.1. The fourth-order valence-electron chi connectivity index (χ4n) is 3.25. The largest absolute Gasteiger partial charge is 0.865 e. The lowest BCUT2D eigenvalue weighted by Crippen LogP contribution is -2.21. The van der Waals surface area contributed by atoms with E-state index in [9.17, 15) is 32.8 Å². The molecule has 0 aliphatic carbocycles. The van der Waals surface area contributed by atoms with Gasteiger partial charge in [-0.2, -0.15) is 18.2 Å². The first kappa shape index (κ1) is 21.1. The molecular formula is C19H12F4N5O4-. The van der Waals surface area contributed by atoms with Gasteiger partial charge in [0, 0.05) is 23.1 Å². The molecule has 0 fully saturated rings. The number of rotatable bonds is 4. The van der Waals surface area contributed by atoms with Crippen LogP contribution in [0.5, 0.6) is 11.5 Å². The molecule has 9 nitrogen and oxygen atoms in total. The van der Waals surface area contributed by atoms with E-state index in [-0.39, 0.29) is 28.5 Å². The van der Waals surface area contributed by atoms with Crippen LogP contribution in [0.1, 0.15) is 23.0 Å². The molecule has 1 atom stereocenters. The number of benzene rings is 2. The Hall–Kier alpha value is -4.16. The van der Waals surface area contributed by atoms with E-state index in [1.165, 1.54) is 24.3 Å². The summed E-state index contributed by atoms with van der Waals surface area (Å²) < 4.78 is 59.8. The number of hydrogen-bond acceptors (Lipinski definition) is 7. The Balaban J connectivity index is 1.95. The monoisotopic (exact) mass is 450 g/mol. The summed E-state index contributed by atoms with van der Waals surface area (Å²) in [5, 5.41) is 29.6. The first-order valence-electron chi connectivity index (χ1n) is 8.91. The number of nitrogens with zero attached hydrogens (tertiary/aromatic N) is 4. The Morgan fingerprint density at radius 1 is 1.25 bits per heavy atom.